The minimum absolute atomic E-state index is 0.0691. The van der Waals surface area contributed by atoms with Crippen LogP contribution in [0.25, 0.3) is 17.3 Å². The Morgan fingerprint density at radius 3 is 2.55 bits per heavy atom. The summed E-state index contributed by atoms with van der Waals surface area (Å²) in [6.07, 6.45) is 5.10. The Bertz CT molecular complexity index is 967. The number of benzene rings is 2. The lowest BCUT2D eigenvalue weighted by molar-refractivity contribution is -0.111. The number of thiazole rings is 1. The summed E-state index contributed by atoms with van der Waals surface area (Å²) >= 11 is 1.35. The molecular formula is C22H20F2N2O2S. The molecule has 0 saturated carbocycles. The summed E-state index contributed by atoms with van der Waals surface area (Å²) in [5.74, 6) is -0.253. The molecule has 0 aliphatic carbocycles. The van der Waals surface area contributed by atoms with Gasteiger partial charge in [0, 0.05) is 17.0 Å². The fourth-order valence-electron chi connectivity index (χ4n) is 2.67. The van der Waals surface area contributed by atoms with E-state index in [1.54, 1.807) is 18.2 Å². The summed E-state index contributed by atoms with van der Waals surface area (Å²) in [7, 11) is 0. The molecule has 29 heavy (non-hydrogen) atoms. The molecular weight excluding hydrogens is 394 g/mol. The predicted molar refractivity (Wildman–Crippen MR) is 112 cm³/mol. The molecule has 1 N–H and O–H groups in total. The first-order valence-electron chi connectivity index (χ1n) is 9.12. The average Bonchev–Trinajstić information content (AvgIpc) is 3.16. The van der Waals surface area contributed by atoms with Crippen molar-refractivity contribution in [1.29, 1.82) is 0 Å². The fraction of sp³-hybridized carbons (Fsp3) is 0.182. The highest BCUT2D eigenvalue weighted by Gasteiger charge is 2.07. The molecule has 0 spiro atoms. The highest BCUT2D eigenvalue weighted by molar-refractivity contribution is 7.14. The number of rotatable bonds is 8. The van der Waals surface area contributed by atoms with Crippen LogP contribution in [0.2, 0.25) is 0 Å². The van der Waals surface area contributed by atoms with Crippen molar-refractivity contribution in [3.63, 3.8) is 0 Å². The topological polar surface area (TPSA) is 51.2 Å². The van der Waals surface area contributed by atoms with E-state index in [0.29, 0.717) is 10.7 Å². The van der Waals surface area contributed by atoms with Crippen LogP contribution in [0.5, 0.6) is 5.75 Å². The van der Waals surface area contributed by atoms with E-state index in [4.69, 9.17) is 0 Å². The molecule has 1 heterocycles. The Balaban J connectivity index is 1.57. The zero-order valence-corrected chi connectivity index (χ0v) is 16.6. The van der Waals surface area contributed by atoms with Crippen molar-refractivity contribution in [3.8, 4) is 17.0 Å². The Kier molecular flexibility index (Phi) is 7.08. The number of halogens is 2. The number of carbonyl (C=O) groups is 1. The van der Waals surface area contributed by atoms with Gasteiger partial charge in [-0.15, -0.1) is 11.3 Å². The molecule has 0 aliphatic heterocycles. The number of aryl methyl sites for hydroxylation is 1. The van der Waals surface area contributed by atoms with E-state index in [2.05, 4.69) is 34.1 Å². The van der Waals surface area contributed by atoms with Crippen molar-refractivity contribution in [2.24, 2.45) is 0 Å². The number of nitrogens with one attached hydrogen (secondary N) is 1. The molecule has 3 aromatic rings. The summed E-state index contributed by atoms with van der Waals surface area (Å²) in [5.41, 5.74) is 3.79. The third-order valence-electron chi connectivity index (χ3n) is 4.06. The quantitative estimate of drug-likeness (QED) is 0.459. The smallest absolute Gasteiger partial charge is 0.387 e. The van der Waals surface area contributed by atoms with Gasteiger partial charge in [0.1, 0.15) is 5.75 Å². The second kappa shape index (κ2) is 9.93. The number of anilines is 1. The number of aromatic nitrogens is 1. The van der Waals surface area contributed by atoms with Crippen LogP contribution in [-0.4, -0.2) is 17.5 Å². The summed E-state index contributed by atoms with van der Waals surface area (Å²) < 4.78 is 28.6. The normalized spacial score (nSPS) is 11.2. The molecule has 0 unspecified atom stereocenters. The standard InChI is InChI=1S/C22H20F2N2O2S/c1-2-3-15-4-9-17(10-5-15)19-14-29-22(25-19)26-20(27)13-8-16-6-11-18(12-7-16)28-21(23)24/h4-14,21H,2-3H2,1H3,(H,25,26,27)/b13-8+. The molecule has 0 radical (unpaired) electrons. The molecule has 0 aliphatic rings. The van der Waals surface area contributed by atoms with Gasteiger partial charge in [-0.1, -0.05) is 49.7 Å². The lowest BCUT2D eigenvalue weighted by atomic mass is 10.1. The van der Waals surface area contributed by atoms with Gasteiger partial charge in [0.05, 0.1) is 5.69 Å². The number of hydrogen-bond donors (Lipinski definition) is 1. The molecule has 1 aromatic heterocycles. The first-order chi connectivity index (χ1) is 14.0. The molecule has 3 rings (SSSR count). The van der Waals surface area contributed by atoms with Crippen molar-refractivity contribution in [2.45, 2.75) is 26.4 Å². The van der Waals surface area contributed by atoms with Crippen LogP contribution in [0.4, 0.5) is 13.9 Å². The van der Waals surface area contributed by atoms with Gasteiger partial charge in [0.2, 0.25) is 5.91 Å². The first kappa shape index (κ1) is 20.7. The lowest BCUT2D eigenvalue weighted by Crippen LogP contribution is -2.07. The van der Waals surface area contributed by atoms with Crippen molar-refractivity contribution >= 4 is 28.5 Å². The summed E-state index contributed by atoms with van der Waals surface area (Å²) in [6, 6.07) is 14.3. The molecule has 7 heteroatoms. The maximum Gasteiger partial charge on any atom is 0.387 e. The second-order valence-corrected chi connectivity index (χ2v) is 7.11. The van der Waals surface area contributed by atoms with Crippen molar-refractivity contribution in [1.82, 2.24) is 4.98 Å². The van der Waals surface area contributed by atoms with Crippen LogP contribution in [0, 0.1) is 0 Å². The van der Waals surface area contributed by atoms with Gasteiger partial charge in [0.25, 0.3) is 0 Å². The van der Waals surface area contributed by atoms with Gasteiger partial charge in [0.15, 0.2) is 5.13 Å². The van der Waals surface area contributed by atoms with Gasteiger partial charge in [-0.3, -0.25) is 10.1 Å². The van der Waals surface area contributed by atoms with E-state index < -0.39 is 6.61 Å². The number of hydrogen-bond acceptors (Lipinski definition) is 4. The monoisotopic (exact) mass is 414 g/mol. The van der Waals surface area contributed by atoms with E-state index in [9.17, 15) is 13.6 Å². The molecule has 0 atom stereocenters. The van der Waals surface area contributed by atoms with E-state index in [1.807, 2.05) is 17.5 Å². The van der Waals surface area contributed by atoms with Crippen LogP contribution in [0.3, 0.4) is 0 Å². The number of amides is 1. The van der Waals surface area contributed by atoms with E-state index >= 15 is 0 Å². The maximum atomic E-state index is 12.1. The molecule has 4 nitrogen and oxygen atoms in total. The van der Waals surface area contributed by atoms with Crippen molar-refractivity contribution in [3.05, 3.63) is 71.1 Å². The molecule has 0 saturated heterocycles. The maximum absolute atomic E-state index is 12.1. The molecule has 0 fully saturated rings. The van der Waals surface area contributed by atoms with Crippen LogP contribution in [0.15, 0.2) is 60.0 Å². The summed E-state index contributed by atoms with van der Waals surface area (Å²) in [5, 5.41) is 5.14. The van der Waals surface area contributed by atoms with Crippen LogP contribution in [-0.2, 0) is 11.2 Å². The molecule has 150 valence electrons. The highest BCUT2D eigenvalue weighted by Crippen LogP contribution is 2.25. The van der Waals surface area contributed by atoms with E-state index in [0.717, 1.165) is 24.1 Å². The summed E-state index contributed by atoms with van der Waals surface area (Å²) in [4.78, 5) is 16.6. The van der Waals surface area contributed by atoms with Crippen molar-refractivity contribution in [2.75, 3.05) is 5.32 Å². The zero-order chi connectivity index (χ0) is 20.6. The predicted octanol–water partition coefficient (Wildman–Crippen LogP) is 6.02. The minimum Gasteiger partial charge on any atom is -0.435 e. The van der Waals surface area contributed by atoms with Crippen molar-refractivity contribution < 1.29 is 18.3 Å². The van der Waals surface area contributed by atoms with Gasteiger partial charge in [-0.25, -0.2) is 4.98 Å². The zero-order valence-electron chi connectivity index (χ0n) is 15.8. The van der Waals surface area contributed by atoms with Gasteiger partial charge >= 0.3 is 6.61 Å². The number of carbonyl (C=O) groups excluding carboxylic acids is 1. The average molecular weight is 414 g/mol. The van der Waals surface area contributed by atoms with Gasteiger partial charge < -0.3 is 4.74 Å². The van der Waals surface area contributed by atoms with Crippen LogP contribution < -0.4 is 10.1 Å². The largest absolute Gasteiger partial charge is 0.435 e. The molecule has 1 amide bonds. The number of nitrogens with zero attached hydrogens (tertiary/aromatic N) is 1. The molecule has 2 aromatic carbocycles. The number of alkyl halides is 2. The third kappa shape index (κ3) is 6.22. The Morgan fingerprint density at radius 2 is 1.90 bits per heavy atom. The molecule has 0 bridgehead atoms. The second-order valence-electron chi connectivity index (χ2n) is 6.25. The van der Waals surface area contributed by atoms with E-state index in [-0.39, 0.29) is 11.7 Å². The first-order valence-corrected chi connectivity index (χ1v) is 10.00. The SMILES string of the molecule is CCCc1ccc(-c2csc(NC(=O)/C=C/c3ccc(OC(F)F)cc3)n2)cc1. The van der Waals surface area contributed by atoms with E-state index in [1.165, 1.54) is 35.1 Å². The van der Waals surface area contributed by atoms with Crippen LogP contribution in [0.1, 0.15) is 24.5 Å². The Hall–Kier alpha value is -3.06. The highest BCUT2D eigenvalue weighted by atomic mass is 32.1. The third-order valence-corrected chi connectivity index (χ3v) is 4.81. The fourth-order valence-corrected chi connectivity index (χ4v) is 3.40. The Labute approximate surface area is 171 Å². The number of ether oxygens (including phenoxy) is 1. The van der Waals surface area contributed by atoms with Gasteiger partial charge in [-0.2, -0.15) is 8.78 Å². The Morgan fingerprint density at radius 1 is 1.17 bits per heavy atom. The lowest BCUT2D eigenvalue weighted by Gasteiger charge is -2.03. The minimum atomic E-state index is -2.86. The van der Waals surface area contributed by atoms with Crippen LogP contribution >= 0.6 is 11.3 Å². The summed E-state index contributed by atoms with van der Waals surface area (Å²) in [6.45, 7) is -0.714. The van der Waals surface area contributed by atoms with Gasteiger partial charge in [-0.05, 0) is 35.8 Å².